The lowest BCUT2D eigenvalue weighted by Gasteiger charge is -2.16. The quantitative estimate of drug-likeness (QED) is 0.302. The molecule has 29 heavy (non-hydrogen) atoms. The molecule has 0 aromatic heterocycles. The molecule has 0 saturated carbocycles. The zero-order valence-electron chi connectivity index (χ0n) is 15.2. The third-order valence-electron chi connectivity index (χ3n) is 4.19. The highest BCUT2D eigenvalue weighted by Gasteiger charge is 2.48. The second kappa shape index (κ2) is 7.90. The van der Waals surface area contributed by atoms with Gasteiger partial charge in [0.1, 0.15) is 18.2 Å². The average Bonchev–Trinajstić information content (AvgIpc) is 2.66. The molecule has 0 N–H and O–H groups in total. The van der Waals surface area contributed by atoms with Gasteiger partial charge in [-0.05, 0) is 35.1 Å². The van der Waals surface area contributed by atoms with Crippen molar-refractivity contribution in [3.8, 4) is 11.5 Å². The maximum atomic E-state index is 14.2. The van der Waals surface area contributed by atoms with E-state index >= 15 is 0 Å². The summed E-state index contributed by atoms with van der Waals surface area (Å²) in [7, 11) is -5.94. The van der Waals surface area contributed by atoms with Gasteiger partial charge in [-0.2, -0.15) is 21.6 Å². The zero-order valence-corrected chi connectivity index (χ0v) is 16.0. The highest BCUT2D eigenvalue weighted by atomic mass is 32.2. The minimum atomic E-state index is -5.94. The van der Waals surface area contributed by atoms with Crippen LogP contribution in [0.1, 0.15) is 18.1 Å². The molecule has 0 radical (unpaired) electrons. The molecule has 0 aliphatic heterocycles. The monoisotopic (exact) mass is 428 g/mol. The summed E-state index contributed by atoms with van der Waals surface area (Å²) in [6.07, 6.45) is 0.121. The Bertz CT molecular complexity index is 1130. The predicted octanol–water partition coefficient (Wildman–Crippen LogP) is 5.35. The van der Waals surface area contributed by atoms with Crippen molar-refractivity contribution in [2.45, 2.75) is 25.5 Å². The molecule has 0 spiro atoms. The molecule has 0 amide bonds. The van der Waals surface area contributed by atoms with Gasteiger partial charge in [0.15, 0.2) is 5.75 Å². The Kier molecular flexibility index (Phi) is 5.70. The normalized spacial score (nSPS) is 12.2. The Morgan fingerprint density at radius 3 is 2.31 bits per heavy atom. The maximum Gasteiger partial charge on any atom is 0.534 e. The number of benzene rings is 3. The number of ether oxygens (including phenoxy) is 1. The van der Waals surface area contributed by atoms with Gasteiger partial charge in [0.05, 0.1) is 0 Å². The fourth-order valence-corrected chi connectivity index (χ4v) is 3.31. The number of hydrogen-bond donors (Lipinski definition) is 0. The third kappa shape index (κ3) is 4.45. The van der Waals surface area contributed by atoms with E-state index in [1.54, 1.807) is 31.2 Å². The predicted molar refractivity (Wildman–Crippen MR) is 99.7 cm³/mol. The van der Waals surface area contributed by atoms with E-state index < -0.39 is 27.2 Å². The number of alkyl halides is 3. The molecule has 154 valence electrons. The first-order chi connectivity index (χ1) is 13.6. The summed E-state index contributed by atoms with van der Waals surface area (Å²) in [6.45, 7) is 1.69. The summed E-state index contributed by atoms with van der Waals surface area (Å²) in [5.41, 5.74) is -4.78. The van der Waals surface area contributed by atoms with Gasteiger partial charge in [-0.25, -0.2) is 4.39 Å². The molecule has 9 heteroatoms. The second-order valence-corrected chi connectivity index (χ2v) is 7.69. The summed E-state index contributed by atoms with van der Waals surface area (Å²) >= 11 is 0. The molecular weight excluding hydrogens is 412 g/mol. The van der Waals surface area contributed by atoms with E-state index in [1.807, 2.05) is 6.07 Å². The average molecular weight is 428 g/mol. The van der Waals surface area contributed by atoms with E-state index in [1.165, 1.54) is 12.1 Å². The van der Waals surface area contributed by atoms with Crippen molar-refractivity contribution in [1.29, 1.82) is 0 Å². The van der Waals surface area contributed by atoms with Gasteiger partial charge in [0.2, 0.25) is 0 Å². The molecule has 4 nitrogen and oxygen atoms in total. The van der Waals surface area contributed by atoms with E-state index in [0.717, 1.165) is 17.7 Å². The minimum absolute atomic E-state index is 0.0458. The van der Waals surface area contributed by atoms with E-state index in [4.69, 9.17) is 4.74 Å². The lowest BCUT2D eigenvalue weighted by atomic mass is 10.0. The number of fused-ring (bicyclic) bond motifs is 1. The number of rotatable bonds is 6. The topological polar surface area (TPSA) is 52.6 Å². The SMILES string of the molecule is CCc1c(F)ccc2cc(OCc3ccccc3)cc(OS(=O)(=O)C(F)(F)F)c12. The Balaban J connectivity index is 2.10. The van der Waals surface area contributed by atoms with Crippen molar-refractivity contribution in [3.63, 3.8) is 0 Å². The van der Waals surface area contributed by atoms with Crippen LogP contribution in [0.2, 0.25) is 0 Å². The molecule has 3 aromatic carbocycles. The van der Waals surface area contributed by atoms with Crippen LogP contribution in [0.4, 0.5) is 17.6 Å². The third-order valence-corrected chi connectivity index (χ3v) is 5.16. The smallest absolute Gasteiger partial charge is 0.489 e. The number of hydrogen-bond acceptors (Lipinski definition) is 4. The molecule has 0 aliphatic rings. The van der Waals surface area contributed by atoms with E-state index in [9.17, 15) is 26.0 Å². The molecule has 0 bridgehead atoms. The standard InChI is InChI=1S/C20H16F4O4S/c1-2-16-17(21)9-8-14-10-15(27-12-13-6-4-3-5-7-13)11-18(19(14)16)28-29(25,26)20(22,23)24/h3-11H,2,12H2,1H3. The van der Waals surface area contributed by atoms with Gasteiger partial charge in [0, 0.05) is 11.5 Å². The zero-order chi connectivity index (χ0) is 21.2. The van der Waals surface area contributed by atoms with Crippen LogP contribution >= 0.6 is 0 Å². The summed E-state index contributed by atoms with van der Waals surface area (Å²) in [5.74, 6) is -1.23. The lowest BCUT2D eigenvalue weighted by molar-refractivity contribution is -0.0499. The molecule has 3 aromatic rings. The van der Waals surface area contributed by atoms with Crippen LogP contribution in [0.3, 0.4) is 0 Å². The van der Waals surface area contributed by atoms with Crippen LogP contribution in [-0.4, -0.2) is 13.9 Å². The van der Waals surface area contributed by atoms with Gasteiger partial charge in [-0.1, -0.05) is 43.3 Å². The summed E-state index contributed by atoms with van der Waals surface area (Å²) in [5, 5.41) is 0.244. The van der Waals surface area contributed by atoms with Gasteiger partial charge in [-0.15, -0.1) is 0 Å². The minimum Gasteiger partial charge on any atom is -0.489 e. The van der Waals surface area contributed by atoms with Crippen molar-refractivity contribution >= 4 is 20.9 Å². The van der Waals surface area contributed by atoms with Crippen LogP contribution in [0.5, 0.6) is 11.5 Å². The van der Waals surface area contributed by atoms with Crippen LogP contribution in [0.25, 0.3) is 10.8 Å². The Morgan fingerprint density at radius 2 is 1.69 bits per heavy atom. The molecule has 3 rings (SSSR count). The second-order valence-electron chi connectivity index (χ2n) is 6.16. The van der Waals surface area contributed by atoms with Crippen LogP contribution < -0.4 is 8.92 Å². The lowest BCUT2D eigenvalue weighted by Crippen LogP contribution is -2.28. The summed E-state index contributed by atoms with van der Waals surface area (Å²) in [4.78, 5) is 0. The molecule has 0 saturated heterocycles. The molecule has 0 fully saturated rings. The van der Waals surface area contributed by atoms with Gasteiger partial charge >= 0.3 is 15.6 Å². The number of aryl methyl sites for hydroxylation is 1. The molecule has 0 unspecified atom stereocenters. The van der Waals surface area contributed by atoms with Crippen LogP contribution in [0.15, 0.2) is 54.6 Å². The van der Waals surface area contributed by atoms with Crippen molar-refractivity contribution in [2.24, 2.45) is 0 Å². The first-order valence-electron chi connectivity index (χ1n) is 8.55. The highest BCUT2D eigenvalue weighted by molar-refractivity contribution is 7.88. The molecule has 0 atom stereocenters. The molecule has 0 aliphatic carbocycles. The fraction of sp³-hybridized carbons (Fsp3) is 0.200. The van der Waals surface area contributed by atoms with Crippen molar-refractivity contribution in [1.82, 2.24) is 0 Å². The van der Waals surface area contributed by atoms with Crippen LogP contribution in [-0.2, 0) is 23.1 Å². The maximum absolute atomic E-state index is 14.2. The van der Waals surface area contributed by atoms with Gasteiger partial charge in [-0.3, -0.25) is 0 Å². The largest absolute Gasteiger partial charge is 0.534 e. The van der Waals surface area contributed by atoms with E-state index in [0.29, 0.717) is 5.39 Å². The van der Waals surface area contributed by atoms with Crippen molar-refractivity contribution < 1.29 is 34.9 Å². The van der Waals surface area contributed by atoms with Gasteiger partial charge in [0.25, 0.3) is 0 Å². The van der Waals surface area contributed by atoms with Crippen LogP contribution in [0, 0.1) is 5.82 Å². The Labute approximate surface area is 164 Å². The summed E-state index contributed by atoms with van der Waals surface area (Å²) in [6, 6.07) is 14.0. The first-order valence-corrected chi connectivity index (χ1v) is 9.96. The number of halogens is 4. The van der Waals surface area contributed by atoms with Gasteiger partial charge < -0.3 is 8.92 Å². The summed E-state index contributed by atoms with van der Waals surface area (Å²) < 4.78 is 85.8. The van der Waals surface area contributed by atoms with E-state index in [2.05, 4.69) is 4.18 Å². The fourth-order valence-electron chi connectivity index (χ4n) is 2.85. The Hall–Kier alpha value is -2.81. The highest BCUT2D eigenvalue weighted by Crippen LogP contribution is 2.38. The van der Waals surface area contributed by atoms with Crippen molar-refractivity contribution in [2.75, 3.05) is 0 Å². The Morgan fingerprint density at radius 1 is 1.00 bits per heavy atom. The molecular formula is C20H16F4O4S. The van der Waals surface area contributed by atoms with Crippen molar-refractivity contribution in [3.05, 3.63) is 71.5 Å². The van der Waals surface area contributed by atoms with E-state index in [-0.39, 0.29) is 29.7 Å². The molecule has 0 heterocycles. The first kappa shape index (κ1) is 20.9.